The average Bonchev–Trinajstić information content (AvgIpc) is 3.30. The Morgan fingerprint density at radius 1 is 1.08 bits per heavy atom. The molecule has 3 aromatic rings. The summed E-state index contributed by atoms with van der Waals surface area (Å²) >= 11 is 0. The minimum Gasteiger partial charge on any atom is -0.465 e. The Hall–Kier alpha value is -3.85. The number of carboxylic acid groups (broad SMARTS) is 1. The van der Waals surface area contributed by atoms with Crippen molar-refractivity contribution in [3.63, 3.8) is 0 Å². The first-order valence-corrected chi connectivity index (χ1v) is 12.5. The van der Waals surface area contributed by atoms with Crippen LogP contribution in [0, 0.1) is 5.41 Å². The summed E-state index contributed by atoms with van der Waals surface area (Å²) in [6.45, 7) is 0.698. The Morgan fingerprint density at radius 3 is 2.49 bits per heavy atom. The standard InChI is InChI=1S/C28H35N5O4/c1-31(2)32(3)26(35)28(17-20-10-5-4-6-11-20)14-9-15-33(19-28)25(34)24(30-27(36)37)16-21-18-29-23-13-8-7-12-22(21)23/h4-8,10-13,18,24,29-30H,9,14-17,19H2,1-3H3,(H,36,37). The smallest absolute Gasteiger partial charge is 0.405 e. The molecule has 4 rings (SSSR count). The first-order chi connectivity index (χ1) is 17.7. The van der Waals surface area contributed by atoms with Gasteiger partial charge in [-0.2, -0.15) is 0 Å². The molecule has 2 unspecified atom stereocenters. The first-order valence-electron chi connectivity index (χ1n) is 12.5. The molecule has 2 aromatic carbocycles. The molecule has 37 heavy (non-hydrogen) atoms. The topological polar surface area (TPSA) is 109 Å². The number of benzene rings is 2. The number of hydrogen-bond acceptors (Lipinski definition) is 4. The molecule has 1 aliphatic heterocycles. The monoisotopic (exact) mass is 505 g/mol. The molecule has 0 bridgehead atoms. The van der Waals surface area contributed by atoms with Gasteiger partial charge in [0.05, 0.1) is 5.41 Å². The van der Waals surface area contributed by atoms with Gasteiger partial charge in [-0.25, -0.2) is 9.80 Å². The predicted molar refractivity (Wildman–Crippen MR) is 142 cm³/mol. The fourth-order valence-corrected chi connectivity index (χ4v) is 5.32. The second-order valence-electron chi connectivity index (χ2n) is 10.0. The third-order valence-corrected chi connectivity index (χ3v) is 7.32. The van der Waals surface area contributed by atoms with E-state index in [4.69, 9.17) is 0 Å². The molecule has 9 nitrogen and oxygen atoms in total. The van der Waals surface area contributed by atoms with E-state index in [1.54, 1.807) is 22.0 Å². The molecule has 3 amide bonds. The minimum atomic E-state index is -1.26. The van der Waals surface area contributed by atoms with Crippen molar-refractivity contribution < 1.29 is 19.5 Å². The van der Waals surface area contributed by atoms with Crippen molar-refractivity contribution in [1.82, 2.24) is 25.2 Å². The third-order valence-electron chi connectivity index (χ3n) is 7.32. The van der Waals surface area contributed by atoms with Gasteiger partial charge in [0.25, 0.3) is 0 Å². The number of carbonyl (C=O) groups is 3. The maximum absolute atomic E-state index is 13.8. The number of likely N-dealkylation sites (tertiary alicyclic amines) is 1. The highest BCUT2D eigenvalue weighted by Gasteiger charge is 2.46. The summed E-state index contributed by atoms with van der Waals surface area (Å²) in [5, 5.41) is 16.3. The van der Waals surface area contributed by atoms with Crippen LogP contribution in [0.3, 0.4) is 0 Å². The number of amides is 3. The number of piperidine rings is 1. The third kappa shape index (κ3) is 5.77. The Kier molecular flexibility index (Phi) is 7.83. The molecule has 2 atom stereocenters. The van der Waals surface area contributed by atoms with Crippen LogP contribution in [-0.4, -0.2) is 83.2 Å². The second kappa shape index (κ2) is 11.0. The number of nitrogens with zero attached hydrogens (tertiary/aromatic N) is 3. The summed E-state index contributed by atoms with van der Waals surface area (Å²) in [6.07, 6.45) is 2.56. The van der Waals surface area contributed by atoms with Gasteiger partial charge in [-0.1, -0.05) is 48.5 Å². The molecule has 9 heteroatoms. The maximum atomic E-state index is 13.8. The molecule has 196 valence electrons. The zero-order chi connectivity index (χ0) is 26.6. The molecule has 2 heterocycles. The van der Waals surface area contributed by atoms with Crippen molar-refractivity contribution in [3.05, 3.63) is 71.9 Å². The van der Waals surface area contributed by atoms with Crippen LogP contribution in [0.2, 0.25) is 0 Å². The number of aromatic nitrogens is 1. The van der Waals surface area contributed by atoms with Crippen LogP contribution in [0.15, 0.2) is 60.8 Å². The molecule has 1 fully saturated rings. The molecule has 1 aliphatic rings. The van der Waals surface area contributed by atoms with Crippen molar-refractivity contribution >= 4 is 28.8 Å². The van der Waals surface area contributed by atoms with E-state index >= 15 is 0 Å². The zero-order valence-corrected chi connectivity index (χ0v) is 21.6. The van der Waals surface area contributed by atoms with Crippen LogP contribution in [0.25, 0.3) is 10.9 Å². The van der Waals surface area contributed by atoms with Gasteiger partial charge in [0.15, 0.2) is 0 Å². The largest absolute Gasteiger partial charge is 0.465 e. The number of fused-ring (bicyclic) bond motifs is 1. The number of para-hydroxylation sites is 1. The molecule has 1 saturated heterocycles. The number of hydrogen-bond donors (Lipinski definition) is 3. The Morgan fingerprint density at radius 2 is 1.78 bits per heavy atom. The van der Waals surface area contributed by atoms with Gasteiger partial charge in [-0.3, -0.25) is 14.6 Å². The van der Waals surface area contributed by atoms with Crippen LogP contribution in [0.4, 0.5) is 4.79 Å². The van der Waals surface area contributed by atoms with Crippen LogP contribution >= 0.6 is 0 Å². The van der Waals surface area contributed by atoms with E-state index in [9.17, 15) is 19.5 Å². The van der Waals surface area contributed by atoms with E-state index in [2.05, 4.69) is 10.3 Å². The fourth-order valence-electron chi connectivity index (χ4n) is 5.32. The van der Waals surface area contributed by atoms with E-state index < -0.39 is 17.6 Å². The van der Waals surface area contributed by atoms with Gasteiger partial charge in [0.1, 0.15) is 6.04 Å². The Bertz CT molecular complexity index is 1260. The highest BCUT2D eigenvalue weighted by molar-refractivity contribution is 5.89. The van der Waals surface area contributed by atoms with Crippen molar-refractivity contribution in [2.24, 2.45) is 5.41 Å². The lowest BCUT2D eigenvalue weighted by atomic mass is 9.74. The second-order valence-corrected chi connectivity index (χ2v) is 10.0. The van der Waals surface area contributed by atoms with Crippen molar-refractivity contribution in [2.45, 2.75) is 31.7 Å². The molecule has 0 spiro atoms. The quantitative estimate of drug-likeness (QED) is 0.408. The molecule has 0 saturated carbocycles. The number of aromatic amines is 1. The minimum absolute atomic E-state index is 0.0572. The number of carbonyl (C=O) groups excluding carboxylic acids is 2. The summed E-state index contributed by atoms with van der Waals surface area (Å²) in [7, 11) is 5.36. The molecule has 0 radical (unpaired) electrons. The predicted octanol–water partition coefficient (Wildman–Crippen LogP) is 3.13. The summed E-state index contributed by atoms with van der Waals surface area (Å²) in [4.78, 5) is 44.2. The Labute approximate surface area is 217 Å². The highest BCUT2D eigenvalue weighted by atomic mass is 16.4. The maximum Gasteiger partial charge on any atom is 0.405 e. The summed E-state index contributed by atoms with van der Waals surface area (Å²) in [5.41, 5.74) is 1.99. The number of hydrazine groups is 1. The average molecular weight is 506 g/mol. The lowest BCUT2D eigenvalue weighted by molar-refractivity contribution is -0.159. The molecule has 1 aromatic heterocycles. The zero-order valence-electron chi connectivity index (χ0n) is 21.6. The van der Waals surface area contributed by atoms with E-state index in [0.29, 0.717) is 25.8 Å². The van der Waals surface area contributed by atoms with E-state index in [1.807, 2.05) is 74.9 Å². The van der Waals surface area contributed by atoms with Gasteiger partial charge >= 0.3 is 6.09 Å². The van der Waals surface area contributed by atoms with Gasteiger partial charge in [-0.05, 0) is 36.5 Å². The van der Waals surface area contributed by atoms with Crippen LogP contribution in [0.1, 0.15) is 24.0 Å². The van der Waals surface area contributed by atoms with Gasteiger partial charge in [-0.15, -0.1) is 0 Å². The molecular formula is C28H35N5O4. The number of rotatable bonds is 8. The summed E-state index contributed by atoms with van der Waals surface area (Å²) < 4.78 is 0. The first kappa shape index (κ1) is 26.2. The molecule has 0 aliphatic carbocycles. The molecule has 3 N–H and O–H groups in total. The lowest BCUT2D eigenvalue weighted by Gasteiger charge is -2.45. The van der Waals surface area contributed by atoms with Gasteiger partial charge in [0, 0.05) is 57.8 Å². The SMILES string of the molecule is CN(C)N(C)C(=O)C1(Cc2ccccc2)CCCN(C(=O)C(Cc2c[nH]c3ccccc23)NC(=O)O)C1. The van der Waals surface area contributed by atoms with Gasteiger partial charge < -0.3 is 20.3 Å². The van der Waals surface area contributed by atoms with Crippen LogP contribution in [0.5, 0.6) is 0 Å². The summed E-state index contributed by atoms with van der Waals surface area (Å²) in [6, 6.07) is 16.6. The van der Waals surface area contributed by atoms with Crippen molar-refractivity contribution in [1.29, 1.82) is 0 Å². The van der Waals surface area contributed by atoms with Gasteiger partial charge in [0.2, 0.25) is 11.8 Å². The number of H-pyrrole nitrogens is 1. The van der Waals surface area contributed by atoms with Crippen molar-refractivity contribution in [2.75, 3.05) is 34.2 Å². The molecular weight excluding hydrogens is 470 g/mol. The fraction of sp³-hybridized carbons (Fsp3) is 0.393. The van der Waals surface area contributed by atoms with E-state index in [1.165, 1.54) is 0 Å². The number of nitrogens with one attached hydrogen (secondary N) is 2. The summed E-state index contributed by atoms with van der Waals surface area (Å²) in [5.74, 6) is -0.372. The Balaban J connectivity index is 1.62. The van der Waals surface area contributed by atoms with E-state index in [-0.39, 0.29) is 24.8 Å². The van der Waals surface area contributed by atoms with E-state index in [0.717, 1.165) is 22.0 Å². The van der Waals surface area contributed by atoms with Crippen LogP contribution < -0.4 is 5.32 Å². The lowest BCUT2D eigenvalue weighted by Crippen LogP contribution is -2.59. The van der Waals surface area contributed by atoms with Crippen molar-refractivity contribution in [3.8, 4) is 0 Å². The normalized spacial score (nSPS) is 18.5. The highest BCUT2D eigenvalue weighted by Crippen LogP contribution is 2.36. The van der Waals surface area contributed by atoms with Crippen LogP contribution in [-0.2, 0) is 22.4 Å².